The van der Waals surface area contributed by atoms with Gasteiger partial charge in [0.25, 0.3) is 0 Å². The van der Waals surface area contributed by atoms with E-state index in [0.717, 1.165) is 10.9 Å². The van der Waals surface area contributed by atoms with Crippen LogP contribution in [0.15, 0.2) is 36.4 Å². The van der Waals surface area contributed by atoms with Gasteiger partial charge in [0, 0.05) is 0 Å². The number of benzene rings is 2. The van der Waals surface area contributed by atoms with Gasteiger partial charge in [-0.05, 0) is 0 Å². The molecule has 0 aliphatic carbocycles. The Hall–Kier alpha value is -1.11. The Morgan fingerprint density at radius 3 is 2.86 bits per heavy atom. The maximum atomic E-state index is 11.5. The van der Waals surface area contributed by atoms with Gasteiger partial charge in [-0.3, -0.25) is 0 Å². The van der Waals surface area contributed by atoms with Crippen LogP contribution in [0.2, 0.25) is 5.32 Å². The summed E-state index contributed by atoms with van der Waals surface area (Å²) in [5.74, 6) is 0.325. The van der Waals surface area contributed by atoms with Crippen molar-refractivity contribution in [1.82, 2.24) is 0 Å². The van der Waals surface area contributed by atoms with Crippen LogP contribution < -0.4 is 4.46 Å². The molecule has 0 N–H and O–H groups in total. The van der Waals surface area contributed by atoms with Gasteiger partial charge in [0.2, 0.25) is 0 Å². The summed E-state index contributed by atoms with van der Waals surface area (Å²) >= 11 is 0.354. The molecule has 1 aliphatic heterocycles. The average Bonchev–Trinajstić information content (AvgIpc) is 2.61. The zero-order valence-electron chi connectivity index (χ0n) is 7.49. The number of carbonyl (C=O) groups excluding carboxylic acids is 1. The summed E-state index contributed by atoms with van der Waals surface area (Å²) in [5, 5.41) is 3.27. The van der Waals surface area contributed by atoms with Crippen molar-refractivity contribution in [1.29, 1.82) is 0 Å². The number of fused-ring (bicyclic) bond motifs is 3. The van der Waals surface area contributed by atoms with E-state index in [0.29, 0.717) is 20.7 Å². The molecule has 0 amide bonds. The van der Waals surface area contributed by atoms with E-state index in [9.17, 15) is 4.79 Å². The average molecular weight is 247 g/mol. The van der Waals surface area contributed by atoms with Crippen LogP contribution in [-0.2, 0) is 0 Å². The van der Waals surface area contributed by atoms with Gasteiger partial charge in [-0.1, -0.05) is 0 Å². The van der Waals surface area contributed by atoms with Crippen molar-refractivity contribution in [3.8, 4) is 0 Å². The van der Waals surface area contributed by atoms with Crippen LogP contribution >= 0.6 is 0 Å². The Bertz CT molecular complexity index is 531. The number of hydrogen-bond donors (Lipinski definition) is 0. The quantitative estimate of drug-likeness (QED) is 0.648. The third kappa shape index (κ3) is 1.05. The molecule has 0 saturated heterocycles. The molecule has 14 heavy (non-hydrogen) atoms. The monoisotopic (exact) mass is 248 g/mol. The Morgan fingerprint density at radius 1 is 1.07 bits per heavy atom. The molecule has 68 valence electrons. The summed E-state index contributed by atoms with van der Waals surface area (Å²) in [4.78, 5) is 11.5. The van der Waals surface area contributed by atoms with E-state index < -0.39 is 0 Å². The molecular formula is C12H8OSe. The van der Waals surface area contributed by atoms with E-state index in [1.807, 2.05) is 24.3 Å². The molecule has 0 saturated carbocycles. The fraction of sp³-hybridized carbons (Fsp3) is 0.0833. The van der Waals surface area contributed by atoms with Crippen molar-refractivity contribution >= 4 is 36.0 Å². The molecule has 2 aromatic carbocycles. The zero-order valence-corrected chi connectivity index (χ0v) is 9.20. The predicted molar refractivity (Wildman–Crippen MR) is 58.5 cm³/mol. The van der Waals surface area contributed by atoms with Gasteiger partial charge in [-0.25, -0.2) is 0 Å². The van der Waals surface area contributed by atoms with Crippen LogP contribution in [-0.4, -0.2) is 20.7 Å². The minimum atomic E-state index is 0.325. The molecule has 2 aromatic rings. The second-order valence-electron chi connectivity index (χ2n) is 3.38. The molecule has 0 radical (unpaired) electrons. The Balaban J connectivity index is 2.44. The molecule has 0 fully saturated rings. The van der Waals surface area contributed by atoms with Gasteiger partial charge in [-0.15, -0.1) is 0 Å². The van der Waals surface area contributed by atoms with Crippen LogP contribution in [0.25, 0.3) is 10.8 Å². The first-order valence-corrected chi connectivity index (χ1v) is 6.61. The standard InChI is InChI=1S/C12H8OSe/c13-11-7-14-12-9-4-2-1-3-8(9)5-6-10(11)12/h1-6H,7H2. The first kappa shape index (κ1) is 8.22. The number of carbonyl (C=O) groups is 1. The summed E-state index contributed by atoms with van der Waals surface area (Å²) in [6, 6.07) is 12.3. The molecule has 0 spiro atoms. The molecular weight excluding hydrogens is 239 g/mol. The van der Waals surface area contributed by atoms with Crippen LogP contribution in [0.4, 0.5) is 0 Å². The Morgan fingerprint density at radius 2 is 1.93 bits per heavy atom. The third-order valence-electron chi connectivity index (χ3n) is 2.53. The van der Waals surface area contributed by atoms with Crippen LogP contribution in [0, 0.1) is 0 Å². The van der Waals surface area contributed by atoms with Crippen LogP contribution in [0.3, 0.4) is 0 Å². The second kappa shape index (κ2) is 2.94. The Kier molecular flexibility index (Phi) is 1.73. The first-order chi connectivity index (χ1) is 6.86. The fourth-order valence-electron chi connectivity index (χ4n) is 1.83. The molecule has 3 rings (SSSR count). The van der Waals surface area contributed by atoms with E-state index in [4.69, 9.17) is 0 Å². The fourth-order valence-corrected chi connectivity index (χ4v) is 4.16. The number of Topliss-reactive ketones (excluding diaryl/α,β-unsaturated/α-hetero) is 1. The first-order valence-electron chi connectivity index (χ1n) is 4.54. The summed E-state index contributed by atoms with van der Waals surface area (Å²) in [6.07, 6.45) is 0. The normalized spacial score (nSPS) is 14.7. The van der Waals surface area contributed by atoms with Crippen molar-refractivity contribution < 1.29 is 4.79 Å². The van der Waals surface area contributed by atoms with Crippen molar-refractivity contribution in [2.75, 3.05) is 0 Å². The topological polar surface area (TPSA) is 17.1 Å². The maximum absolute atomic E-state index is 11.5. The molecule has 0 atom stereocenters. The van der Waals surface area contributed by atoms with Crippen molar-refractivity contribution in [2.45, 2.75) is 5.32 Å². The van der Waals surface area contributed by atoms with Gasteiger partial charge in [0.05, 0.1) is 0 Å². The van der Waals surface area contributed by atoms with Gasteiger partial charge >= 0.3 is 88.0 Å². The van der Waals surface area contributed by atoms with Crippen LogP contribution in [0.1, 0.15) is 10.4 Å². The van der Waals surface area contributed by atoms with E-state index in [2.05, 4.69) is 12.1 Å². The molecule has 1 aliphatic rings. The number of hydrogen-bond acceptors (Lipinski definition) is 1. The molecule has 0 unspecified atom stereocenters. The molecule has 0 bridgehead atoms. The van der Waals surface area contributed by atoms with Crippen molar-refractivity contribution in [3.63, 3.8) is 0 Å². The molecule has 2 heteroatoms. The SMILES string of the molecule is O=C1C[Se]c2c1ccc1ccccc21. The molecule has 0 aromatic heterocycles. The number of rotatable bonds is 0. The Labute approximate surface area is 88.3 Å². The van der Waals surface area contributed by atoms with Gasteiger partial charge in [0.15, 0.2) is 0 Å². The minimum absolute atomic E-state index is 0.325. The van der Waals surface area contributed by atoms with E-state index in [-0.39, 0.29) is 0 Å². The number of ketones is 1. The molecule has 1 heterocycles. The second-order valence-corrected chi connectivity index (χ2v) is 5.44. The molecule has 1 nitrogen and oxygen atoms in total. The predicted octanol–water partition coefficient (Wildman–Crippen LogP) is 1.78. The van der Waals surface area contributed by atoms with Crippen molar-refractivity contribution in [3.05, 3.63) is 42.0 Å². The summed E-state index contributed by atoms with van der Waals surface area (Å²) < 4.78 is 1.31. The third-order valence-corrected chi connectivity index (χ3v) is 4.91. The summed E-state index contributed by atoms with van der Waals surface area (Å²) in [5.41, 5.74) is 0.962. The van der Waals surface area contributed by atoms with Crippen molar-refractivity contribution in [2.24, 2.45) is 0 Å². The van der Waals surface area contributed by atoms with E-state index >= 15 is 0 Å². The van der Waals surface area contributed by atoms with E-state index in [1.165, 1.54) is 15.2 Å². The zero-order chi connectivity index (χ0) is 9.54. The van der Waals surface area contributed by atoms with Crippen LogP contribution in [0.5, 0.6) is 0 Å². The van der Waals surface area contributed by atoms with Gasteiger partial charge in [0.1, 0.15) is 0 Å². The van der Waals surface area contributed by atoms with E-state index in [1.54, 1.807) is 0 Å². The summed E-state index contributed by atoms with van der Waals surface area (Å²) in [7, 11) is 0. The summed E-state index contributed by atoms with van der Waals surface area (Å²) in [6.45, 7) is 0. The van der Waals surface area contributed by atoms with Gasteiger partial charge in [-0.2, -0.15) is 0 Å². The van der Waals surface area contributed by atoms with Gasteiger partial charge < -0.3 is 0 Å².